The van der Waals surface area contributed by atoms with Crippen LogP contribution in [-0.4, -0.2) is 12.8 Å². The van der Waals surface area contributed by atoms with E-state index in [1.807, 2.05) is 30.3 Å². The van der Waals surface area contributed by atoms with Crippen molar-refractivity contribution in [3.05, 3.63) is 41.0 Å². The highest BCUT2D eigenvalue weighted by Gasteiger charge is 2.01. The molecule has 0 unspecified atom stereocenters. The SMILES string of the molecule is [B]Cc1cc(Cl)nc2ccccc12. The molecule has 2 rings (SSSR count). The number of para-hydroxylation sites is 1. The lowest BCUT2D eigenvalue weighted by Gasteiger charge is -2.03. The summed E-state index contributed by atoms with van der Waals surface area (Å²) in [5, 5.41) is 1.58. The van der Waals surface area contributed by atoms with Gasteiger partial charge in [-0.3, -0.25) is 0 Å². The van der Waals surface area contributed by atoms with Crippen molar-refractivity contribution in [3.63, 3.8) is 0 Å². The Morgan fingerprint density at radius 1 is 1.31 bits per heavy atom. The second-order valence-electron chi connectivity index (χ2n) is 2.83. The number of hydrogen-bond donors (Lipinski definition) is 0. The summed E-state index contributed by atoms with van der Waals surface area (Å²) in [6, 6.07) is 9.65. The van der Waals surface area contributed by atoms with E-state index >= 15 is 0 Å². The maximum absolute atomic E-state index is 5.84. The van der Waals surface area contributed by atoms with Gasteiger partial charge in [0.25, 0.3) is 0 Å². The Labute approximate surface area is 83.2 Å². The van der Waals surface area contributed by atoms with Gasteiger partial charge in [0.05, 0.1) is 13.4 Å². The summed E-state index contributed by atoms with van der Waals surface area (Å²) in [6.45, 7) is 0. The summed E-state index contributed by atoms with van der Waals surface area (Å²) < 4.78 is 0. The minimum absolute atomic E-state index is 0.489. The van der Waals surface area contributed by atoms with Crippen LogP contribution in [0.3, 0.4) is 0 Å². The smallest absolute Gasteiger partial charge is 0.130 e. The largest absolute Gasteiger partial charge is 0.236 e. The number of nitrogens with zero attached hydrogens (tertiary/aromatic N) is 1. The Hall–Kier alpha value is -1.02. The van der Waals surface area contributed by atoms with Crippen molar-refractivity contribution in [2.45, 2.75) is 6.32 Å². The van der Waals surface area contributed by atoms with E-state index in [-0.39, 0.29) is 0 Å². The number of rotatable bonds is 1. The Morgan fingerprint density at radius 3 is 2.85 bits per heavy atom. The number of hydrogen-bond acceptors (Lipinski definition) is 1. The van der Waals surface area contributed by atoms with E-state index in [9.17, 15) is 0 Å². The third-order valence-electron chi connectivity index (χ3n) is 1.99. The van der Waals surface area contributed by atoms with Gasteiger partial charge in [0.15, 0.2) is 0 Å². The molecule has 3 heteroatoms. The van der Waals surface area contributed by atoms with Crippen LogP contribution < -0.4 is 0 Å². The molecule has 1 nitrogen and oxygen atoms in total. The maximum Gasteiger partial charge on any atom is 0.130 e. The number of aromatic nitrogens is 1. The van der Waals surface area contributed by atoms with E-state index in [0.717, 1.165) is 16.5 Å². The highest BCUT2D eigenvalue weighted by molar-refractivity contribution is 6.30. The van der Waals surface area contributed by atoms with Crippen molar-refractivity contribution in [3.8, 4) is 0 Å². The molecule has 0 spiro atoms. The molecule has 62 valence electrons. The molecule has 2 aromatic rings. The molecule has 0 N–H and O–H groups in total. The first-order chi connectivity index (χ1) is 6.31. The molecule has 0 saturated heterocycles. The van der Waals surface area contributed by atoms with Crippen LogP contribution in [0.25, 0.3) is 10.9 Å². The van der Waals surface area contributed by atoms with Crippen LogP contribution in [-0.2, 0) is 6.32 Å². The normalized spacial score (nSPS) is 10.5. The molecule has 1 aromatic heterocycles. The zero-order chi connectivity index (χ0) is 9.26. The van der Waals surface area contributed by atoms with E-state index in [4.69, 9.17) is 19.4 Å². The molecule has 13 heavy (non-hydrogen) atoms. The molecular formula is C10H7BClN. The molecule has 1 aromatic carbocycles. The van der Waals surface area contributed by atoms with Crippen LogP contribution in [0.2, 0.25) is 5.15 Å². The van der Waals surface area contributed by atoms with Gasteiger partial charge >= 0.3 is 0 Å². The Balaban J connectivity index is 2.81. The molecule has 0 aliphatic rings. The highest BCUT2D eigenvalue weighted by atomic mass is 35.5. The van der Waals surface area contributed by atoms with Crippen LogP contribution in [0, 0.1) is 0 Å². The van der Waals surface area contributed by atoms with E-state index < -0.39 is 0 Å². The average molecular weight is 187 g/mol. The average Bonchev–Trinajstić information content (AvgIpc) is 2.16. The molecule has 0 fully saturated rings. The monoisotopic (exact) mass is 187 g/mol. The van der Waals surface area contributed by atoms with Crippen molar-refractivity contribution in [1.82, 2.24) is 4.98 Å². The first kappa shape index (κ1) is 8.58. The standard InChI is InChI=1S/C10H7BClN/c11-6-7-5-10(12)13-9-4-2-1-3-8(7)9/h1-5H,6H2. The summed E-state index contributed by atoms with van der Waals surface area (Å²) >= 11 is 5.84. The quantitative estimate of drug-likeness (QED) is 0.494. The van der Waals surface area contributed by atoms with E-state index in [1.54, 1.807) is 0 Å². The minimum Gasteiger partial charge on any atom is -0.236 e. The summed E-state index contributed by atoms with van der Waals surface area (Å²) in [7, 11) is 5.60. The Kier molecular flexibility index (Phi) is 2.23. The van der Waals surface area contributed by atoms with Gasteiger partial charge < -0.3 is 0 Å². The summed E-state index contributed by atoms with van der Waals surface area (Å²) in [6.07, 6.45) is 0.489. The molecule has 0 amide bonds. The fourth-order valence-corrected chi connectivity index (χ4v) is 1.60. The van der Waals surface area contributed by atoms with Gasteiger partial charge in [-0.1, -0.05) is 36.1 Å². The van der Waals surface area contributed by atoms with Crippen molar-refractivity contribution < 1.29 is 0 Å². The molecule has 0 aliphatic heterocycles. The van der Waals surface area contributed by atoms with Crippen LogP contribution in [0.1, 0.15) is 5.56 Å². The predicted molar refractivity (Wildman–Crippen MR) is 56.2 cm³/mol. The molecule has 1 heterocycles. The third-order valence-corrected chi connectivity index (χ3v) is 2.18. The van der Waals surface area contributed by atoms with Crippen molar-refractivity contribution in [2.75, 3.05) is 0 Å². The number of fused-ring (bicyclic) bond motifs is 1. The van der Waals surface area contributed by atoms with Crippen molar-refractivity contribution >= 4 is 30.4 Å². The van der Waals surface area contributed by atoms with Crippen LogP contribution in [0.5, 0.6) is 0 Å². The van der Waals surface area contributed by atoms with Gasteiger partial charge in [0.2, 0.25) is 0 Å². The summed E-state index contributed by atoms with van der Waals surface area (Å²) in [5.41, 5.74) is 1.94. The molecule has 0 aliphatic carbocycles. The molecule has 0 saturated carbocycles. The van der Waals surface area contributed by atoms with Gasteiger partial charge in [-0.2, -0.15) is 0 Å². The van der Waals surface area contributed by atoms with Gasteiger partial charge in [-0.15, -0.1) is 0 Å². The van der Waals surface area contributed by atoms with E-state index in [0.29, 0.717) is 11.5 Å². The number of pyridine rings is 1. The molecule has 0 bridgehead atoms. The lowest BCUT2D eigenvalue weighted by Crippen LogP contribution is -1.89. The maximum atomic E-state index is 5.84. The van der Waals surface area contributed by atoms with Crippen LogP contribution in [0.4, 0.5) is 0 Å². The van der Waals surface area contributed by atoms with Crippen LogP contribution >= 0.6 is 11.6 Å². The second kappa shape index (κ2) is 3.39. The zero-order valence-corrected chi connectivity index (χ0v) is 7.75. The topological polar surface area (TPSA) is 12.9 Å². The lowest BCUT2D eigenvalue weighted by atomic mass is 9.94. The first-order valence-electron chi connectivity index (χ1n) is 4.05. The molecular weight excluding hydrogens is 180 g/mol. The van der Waals surface area contributed by atoms with Crippen LogP contribution in [0.15, 0.2) is 30.3 Å². The summed E-state index contributed by atoms with van der Waals surface area (Å²) in [5.74, 6) is 0. The van der Waals surface area contributed by atoms with E-state index in [2.05, 4.69) is 4.98 Å². The van der Waals surface area contributed by atoms with Crippen molar-refractivity contribution in [2.24, 2.45) is 0 Å². The third kappa shape index (κ3) is 1.54. The van der Waals surface area contributed by atoms with Crippen molar-refractivity contribution in [1.29, 1.82) is 0 Å². The fraction of sp³-hybridized carbons (Fsp3) is 0.100. The minimum atomic E-state index is 0.489. The summed E-state index contributed by atoms with van der Waals surface area (Å²) in [4.78, 5) is 4.19. The zero-order valence-electron chi connectivity index (χ0n) is 7.00. The Morgan fingerprint density at radius 2 is 2.08 bits per heavy atom. The van der Waals surface area contributed by atoms with Gasteiger partial charge in [0.1, 0.15) is 5.15 Å². The number of benzene rings is 1. The van der Waals surface area contributed by atoms with Gasteiger partial charge in [-0.25, -0.2) is 4.98 Å². The van der Waals surface area contributed by atoms with E-state index in [1.165, 1.54) is 0 Å². The number of halogens is 1. The Bertz CT molecular complexity index is 442. The van der Waals surface area contributed by atoms with Gasteiger partial charge in [0, 0.05) is 5.39 Å². The fourth-order valence-electron chi connectivity index (χ4n) is 1.38. The predicted octanol–water partition coefficient (Wildman–Crippen LogP) is 2.56. The lowest BCUT2D eigenvalue weighted by molar-refractivity contribution is 1.34. The highest BCUT2D eigenvalue weighted by Crippen LogP contribution is 2.20. The molecule has 0 atom stereocenters. The molecule has 2 radical (unpaired) electrons. The van der Waals surface area contributed by atoms with Gasteiger partial charge in [-0.05, 0) is 17.7 Å². The first-order valence-corrected chi connectivity index (χ1v) is 4.43. The second-order valence-corrected chi connectivity index (χ2v) is 3.21.